The van der Waals surface area contributed by atoms with Gasteiger partial charge < -0.3 is 24.8 Å². The van der Waals surface area contributed by atoms with E-state index in [1.54, 1.807) is 7.11 Å². The fourth-order valence-corrected chi connectivity index (χ4v) is 3.68. The maximum atomic E-state index is 12.6. The number of anilines is 1. The second-order valence-corrected chi connectivity index (χ2v) is 7.89. The van der Waals surface area contributed by atoms with Gasteiger partial charge in [0.05, 0.1) is 13.7 Å². The zero-order valence-corrected chi connectivity index (χ0v) is 18.7. The van der Waals surface area contributed by atoms with Gasteiger partial charge in [-0.25, -0.2) is 0 Å². The fourth-order valence-electron chi connectivity index (χ4n) is 3.49. The number of thiocarbonyl (C=S) groups is 1. The van der Waals surface area contributed by atoms with Crippen molar-refractivity contribution in [2.75, 3.05) is 25.5 Å². The Morgan fingerprint density at radius 2 is 1.81 bits per heavy atom. The Hall–Kier alpha value is -3.46. The van der Waals surface area contributed by atoms with Gasteiger partial charge in [0.25, 0.3) is 5.91 Å². The topological polar surface area (TPSA) is 92.5 Å². The number of benzene rings is 2. The Morgan fingerprint density at radius 1 is 1.09 bits per heavy atom. The summed E-state index contributed by atoms with van der Waals surface area (Å²) in [7, 11) is 1.62. The molecule has 2 aromatic carbocycles. The molecule has 9 heteroatoms. The largest absolute Gasteiger partial charge is 0.497 e. The van der Waals surface area contributed by atoms with Crippen molar-refractivity contribution in [2.24, 2.45) is 0 Å². The molecule has 1 aromatic heterocycles. The first kappa shape index (κ1) is 21.8. The van der Waals surface area contributed by atoms with Gasteiger partial charge in [0.1, 0.15) is 5.75 Å². The third kappa shape index (κ3) is 5.42. The van der Waals surface area contributed by atoms with Crippen LogP contribution in [-0.2, 0) is 6.54 Å². The minimum absolute atomic E-state index is 0.0843. The molecule has 0 radical (unpaired) electrons. The predicted molar refractivity (Wildman–Crippen MR) is 126 cm³/mol. The van der Waals surface area contributed by atoms with Gasteiger partial charge in [-0.15, -0.1) is 0 Å². The molecule has 32 heavy (non-hydrogen) atoms. The number of carbonyl (C=O) groups is 1. The molecule has 0 atom stereocenters. The molecule has 3 aromatic rings. The van der Waals surface area contributed by atoms with Crippen LogP contribution in [0.4, 0.5) is 5.69 Å². The van der Waals surface area contributed by atoms with Crippen LogP contribution in [0.25, 0.3) is 11.4 Å². The minimum Gasteiger partial charge on any atom is -0.497 e. The number of amides is 1. The number of hydrogen-bond donors (Lipinski definition) is 2. The van der Waals surface area contributed by atoms with Gasteiger partial charge in [0, 0.05) is 29.9 Å². The second kappa shape index (κ2) is 10.2. The highest BCUT2D eigenvalue weighted by atomic mass is 32.1. The van der Waals surface area contributed by atoms with Crippen molar-refractivity contribution in [3.63, 3.8) is 0 Å². The number of carbonyl (C=O) groups excluding carboxylic acids is 1. The van der Waals surface area contributed by atoms with Crippen LogP contribution < -0.4 is 15.4 Å². The van der Waals surface area contributed by atoms with Gasteiger partial charge in [-0.1, -0.05) is 5.16 Å². The number of rotatable bonds is 6. The van der Waals surface area contributed by atoms with E-state index >= 15 is 0 Å². The van der Waals surface area contributed by atoms with E-state index in [0.717, 1.165) is 42.9 Å². The number of likely N-dealkylation sites (tertiary alicyclic amines) is 1. The zero-order valence-electron chi connectivity index (χ0n) is 17.8. The number of nitrogens with zero attached hydrogens (tertiary/aromatic N) is 3. The lowest BCUT2D eigenvalue weighted by molar-refractivity contribution is 0.0724. The van der Waals surface area contributed by atoms with Crippen molar-refractivity contribution in [2.45, 2.75) is 25.8 Å². The van der Waals surface area contributed by atoms with Crippen molar-refractivity contribution in [3.8, 4) is 17.1 Å². The molecule has 2 N–H and O–H groups in total. The van der Waals surface area contributed by atoms with E-state index in [1.165, 1.54) is 6.42 Å². The molecule has 8 nitrogen and oxygen atoms in total. The summed E-state index contributed by atoms with van der Waals surface area (Å²) < 4.78 is 10.4. The summed E-state index contributed by atoms with van der Waals surface area (Å²) in [6, 6.07) is 14.8. The van der Waals surface area contributed by atoms with E-state index in [0.29, 0.717) is 28.9 Å². The first-order valence-electron chi connectivity index (χ1n) is 10.5. The highest BCUT2D eigenvalue weighted by molar-refractivity contribution is 7.80. The van der Waals surface area contributed by atoms with Crippen LogP contribution in [0.2, 0.25) is 0 Å². The Balaban J connectivity index is 1.27. The van der Waals surface area contributed by atoms with E-state index in [9.17, 15) is 4.79 Å². The molecule has 0 spiro atoms. The molecule has 1 fully saturated rings. The Morgan fingerprint density at radius 3 is 2.50 bits per heavy atom. The molecule has 1 aliphatic heterocycles. The Labute approximate surface area is 192 Å². The van der Waals surface area contributed by atoms with Crippen molar-refractivity contribution in [1.82, 2.24) is 20.4 Å². The highest BCUT2D eigenvalue weighted by Gasteiger charge is 2.18. The minimum atomic E-state index is 0.0843. The fraction of sp³-hybridized carbons (Fsp3) is 0.304. The summed E-state index contributed by atoms with van der Waals surface area (Å²) in [6.07, 6.45) is 3.35. The number of aromatic nitrogens is 2. The molecule has 0 saturated carbocycles. The third-order valence-electron chi connectivity index (χ3n) is 5.25. The van der Waals surface area contributed by atoms with Gasteiger partial charge in [-0.05, 0) is 80.0 Å². The van der Waals surface area contributed by atoms with Gasteiger partial charge in [0.2, 0.25) is 11.7 Å². The molecule has 4 rings (SSSR count). The summed E-state index contributed by atoms with van der Waals surface area (Å²) in [6.45, 7) is 1.96. The Kier molecular flexibility index (Phi) is 6.96. The average Bonchev–Trinajstić information content (AvgIpc) is 3.32. The monoisotopic (exact) mass is 451 g/mol. The van der Waals surface area contributed by atoms with Gasteiger partial charge in [-0.3, -0.25) is 4.79 Å². The van der Waals surface area contributed by atoms with E-state index in [4.69, 9.17) is 21.5 Å². The second-order valence-electron chi connectivity index (χ2n) is 7.48. The molecule has 0 aliphatic carbocycles. The standard InChI is InChI=1S/C23H25N5O3S/c1-30-19-11-7-16(8-12-19)21-26-20(31-27-21)15-24-23(32)25-18-9-5-17(6-10-18)22(29)28-13-3-2-4-14-28/h5-12H,2-4,13-15H2,1H3,(H2,24,25,32). The molecule has 0 unspecified atom stereocenters. The highest BCUT2D eigenvalue weighted by Crippen LogP contribution is 2.20. The van der Waals surface area contributed by atoms with Crippen LogP contribution >= 0.6 is 12.2 Å². The lowest BCUT2D eigenvalue weighted by Crippen LogP contribution is -2.35. The van der Waals surface area contributed by atoms with Crippen LogP contribution in [-0.4, -0.2) is 46.3 Å². The lowest BCUT2D eigenvalue weighted by Gasteiger charge is -2.26. The van der Waals surface area contributed by atoms with Gasteiger partial charge in [-0.2, -0.15) is 4.98 Å². The molecule has 1 amide bonds. The van der Waals surface area contributed by atoms with Crippen LogP contribution in [0.1, 0.15) is 35.5 Å². The first-order valence-corrected chi connectivity index (χ1v) is 10.9. The maximum absolute atomic E-state index is 12.6. The number of ether oxygens (including phenoxy) is 1. The summed E-state index contributed by atoms with van der Waals surface area (Å²) in [4.78, 5) is 18.9. The number of methoxy groups -OCH3 is 1. The smallest absolute Gasteiger partial charge is 0.253 e. The number of hydrogen-bond acceptors (Lipinski definition) is 6. The van der Waals surface area contributed by atoms with E-state index < -0.39 is 0 Å². The zero-order chi connectivity index (χ0) is 22.3. The van der Waals surface area contributed by atoms with E-state index in [2.05, 4.69) is 20.8 Å². The van der Waals surface area contributed by atoms with Crippen molar-refractivity contribution < 1.29 is 14.1 Å². The van der Waals surface area contributed by atoms with E-state index in [1.807, 2.05) is 53.4 Å². The quantitative estimate of drug-likeness (QED) is 0.546. The van der Waals surface area contributed by atoms with Crippen molar-refractivity contribution in [3.05, 3.63) is 60.0 Å². The van der Waals surface area contributed by atoms with Crippen LogP contribution in [0.5, 0.6) is 5.75 Å². The average molecular weight is 452 g/mol. The predicted octanol–water partition coefficient (Wildman–Crippen LogP) is 3.86. The SMILES string of the molecule is COc1ccc(-c2noc(CNC(=S)Nc3ccc(C(=O)N4CCCCC4)cc3)n2)cc1. The summed E-state index contributed by atoms with van der Waals surface area (Å²) >= 11 is 5.35. The molecule has 1 aliphatic rings. The van der Waals surface area contributed by atoms with Crippen molar-refractivity contribution in [1.29, 1.82) is 0 Å². The molecule has 2 heterocycles. The lowest BCUT2D eigenvalue weighted by atomic mass is 10.1. The first-order chi connectivity index (χ1) is 15.6. The molecule has 0 bridgehead atoms. The van der Waals surface area contributed by atoms with Gasteiger partial charge in [0.15, 0.2) is 5.11 Å². The Bertz CT molecular complexity index is 1060. The maximum Gasteiger partial charge on any atom is 0.253 e. The molecular weight excluding hydrogens is 426 g/mol. The third-order valence-corrected chi connectivity index (χ3v) is 5.50. The normalized spacial score (nSPS) is 13.5. The van der Waals surface area contributed by atoms with Crippen molar-refractivity contribution >= 4 is 28.9 Å². The van der Waals surface area contributed by atoms with Crippen LogP contribution in [0.3, 0.4) is 0 Å². The molecule has 1 saturated heterocycles. The number of nitrogens with one attached hydrogen (secondary N) is 2. The number of piperidine rings is 1. The van der Waals surface area contributed by atoms with E-state index in [-0.39, 0.29) is 5.91 Å². The summed E-state index contributed by atoms with van der Waals surface area (Å²) in [5.41, 5.74) is 2.32. The van der Waals surface area contributed by atoms with Crippen LogP contribution in [0.15, 0.2) is 53.1 Å². The summed E-state index contributed by atoms with van der Waals surface area (Å²) in [5.74, 6) is 1.76. The summed E-state index contributed by atoms with van der Waals surface area (Å²) in [5, 5.41) is 10.6. The van der Waals surface area contributed by atoms with Crippen LogP contribution in [0, 0.1) is 0 Å². The molecular formula is C23H25N5O3S. The van der Waals surface area contributed by atoms with Gasteiger partial charge >= 0.3 is 0 Å². The molecule has 166 valence electrons.